The van der Waals surface area contributed by atoms with Crippen LogP contribution in [0.3, 0.4) is 0 Å². The number of amides is 1. The third-order valence-electron chi connectivity index (χ3n) is 4.51. The minimum absolute atomic E-state index is 0.187. The lowest BCUT2D eigenvalue weighted by atomic mass is 10.2. The van der Waals surface area contributed by atoms with Gasteiger partial charge in [0.15, 0.2) is 11.5 Å². The van der Waals surface area contributed by atoms with E-state index in [4.69, 9.17) is 25.8 Å². The number of carbonyl (C=O) groups is 1. The zero-order valence-electron chi connectivity index (χ0n) is 18.3. The highest BCUT2D eigenvalue weighted by atomic mass is 35.5. The second kappa shape index (κ2) is 11.9. The first kappa shape index (κ1) is 24.1. The van der Waals surface area contributed by atoms with Gasteiger partial charge in [0, 0.05) is 5.56 Å². The number of hydrazone groups is 1. The van der Waals surface area contributed by atoms with Gasteiger partial charge < -0.3 is 14.2 Å². The Balaban J connectivity index is 1.58. The normalized spacial score (nSPS) is 10.8. The van der Waals surface area contributed by atoms with Crippen molar-refractivity contribution in [3.05, 3.63) is 88.2 Å². The Morgan fingerprint density at radius 1 is 1.06 bits per heavy atom. The van der Waals surface area contributed by atoms with Gasteiger partial charge in [-0.2, -0.15) is 5.10 Å². The van der Waals surface area contributed by atoms with Gasteiger partial charge >= 0.3 is 0 Å². The number of ether oxygens (including phenoxy) is 3. The molecule has 0 heterocycles. The molecule has 33 heavy (non-hydrogen) atoms. The molecule has 6 nitrogen and oxygen atoms in total. The van der Waals surface area contributed by atoms with Gasteiger partial charge in [-0.05, 0) is 66.1 Å². The van der Waals surface area contributed by atoms with Crippen molar-refractivity contribution >= 4 is 23.7 Å². The van der Waals surface area contributed by atoms with Crippen molar-refractivity contribution in [2.75, 3.05) is 13.7 Å². The molecule has 0 bridgehead atoms. The minimum Gasteiger partial charge on any atom is -0.493 e. The second-order valence-corrected chi connectivity index (χ2v) is 7.43. The average molecular weight is 471 g/mol. The van der Waals surface area contributed by atoms with Crippen LogP contribution in [-0.2, 0) is 6.61 Å². The SMILES string of the molecule is CCCOc1ccc(C(=O)N/N=C/c2ccc(OCc3cccc(F)c3)c(Cl)c2)cc1OC. The predicted molar refractivity (Wildman–Crippen MR) is 126 cm³/mol. The van der Waals surface area contributed by atoms with E-state index in [1.807, 2.05) is 6.92 Å². The summed E-state index contributed by atoms with van der Waals surface area (Å²) in [5.41, 5.74) is 4.21. The maximum Gasteiger partial charge on any atom is 0.271 e. The summed E-state index contributed by atoms with van der Waals surface area (Å²) in [5.74, 6) is 0.789. The van der Waals surface area contributed by atoms with Crippen molar-refractivity contribution in [3.63, 3.8) is 0 Å². The summed E-state index contributed by atoms with van der Waals surface area (Å²) < 4.78 is 29.8. The van der Waals surface area contributed by atoms with E-state index < -0.39 is 5.91 Å². The van der Waals surface area contributed by atoms with Crippen LogP contribution >= 0.6 is 11.6 Å². The third-order valence-corrected chi connectivity index (χ3v) is 4.80. The summed E-state index contributed by atoms with van der Waals surface area (Å²) >= 11 is 6.27. The van der Waals surface area contributed by atoms with Crippen molar-refractivity contribution < 1.29 is 23.4 Å². The molecule has 0 aliphatic carbocycles. The summed E-state index contributed by atoms with van der Waals surface area (Å²) in [6, 6.07) is 16.2. The second-order valence-electron chi connectivity index (χ2n) is 7.02. The van der Waals surface area contributed by atoms with Crippen LogP contribution in [0.1, 0.15) is 34.8 Å². The zero-order chi connectivity index (χ0) is 23.6. The highest BCUT2D eigenvalue weighted by molar-refractivity contribution is 6.32. The zero-order valence-corrected chi connectivity index (χ0v) is 19.1. The number of benzene rings is 3. The van der Waals surface area contributed by atoms with Crippen LogP contribution in [-0.4, -0.2) is 25.8 Å². The first-order valence-corrected chi connectivity index (χ1v) is 10.7. The van der Waals surface area contributed by atoms with E-state index in [0.717, 1.165) is 6.42 Å². The number of hydrogen-bond acceptors (Lipinski definition) is 5. The van der Waals surface area contributed by atoms with Crippen LogP contribution < -0.4 is 19.6 Å². The first-order valence-electron chi connectivity index (χ1n) is 10.3. The lowest BCUT2D eigenvalue weighted by molar-refractivity contribution is 0.0954. The fraction of sp³-hybridized carbons (Fsp3) is 0.200. The summed E-state index contributed by atoms with van der Waals surface area (Å²) in [6.07, 6.45) is 2.33. The third kappa shape index (κ3) is 6.95. The average Bonchev–Trinajstić information content (AvgIpc) is 2.82. The van der Waals surface area contributed by atoms with Crippen molar-refractivity contribution in [1.82, 2.24) is 5.43 Å². The summed E-state index contributed by atoms with van der Waals surface area (Å²) in [7, 11) is 1.52. The van der Waals surface area contributed by atoms with E-state index >= 15 is 0 Å². The van der Waals surface area contributed by atoms with Gasteiger partial charge in [0.05, 0.1) is 25.0 Å². The van der Waals surface area contributed by atoms with Crippen LogP contribution in [0.4, 0.5) is 4.39 Å². The van der Waals surface area contributed by atoms with Gasteiger partial charge in [-0.25, -0.2) is 9.82 Å². The van der Waals surface area contributed by atoms with Crippen molar-refractivity contribution in [2.24, 2.45) is 5.10 Å². The van der Waals surface area contributed by atoms with Crippen LogP contribution in [0.15, 0.2) is 65.8 Å². The lowest BCUT2D eigenvalue weighted by Gasteiger charge is -2.11. The fourth-order valence-electron chi connectivity index (χ4n) is 2.87. The van der Waals surface area contributed by atoms with Crippen LogP contribution in [0.2, 0.25) is 5.02 Å². The summed E-state index contributed by atoms with van der Waals surface area (Å²) in [4.78, 5) is 12.4. The summed E-state index contributed by atoms with van der Waals surface area (Å²) in [5, 5.41) is 4.35. The van der Waals surface area contributed by atoms with Crippen LogP contribution in [0, 0.1) is 5.82 Å². The van der Waals surface area contributed by atoms with E-state index in [1.165, 1.54) is 25.5 Å². The number of nitrogens with one attached hydrogen (secondary N) is 1. The quantitative estimate of drug-likeness (QED) is 0.308. The van der Waals surface area contributed by atoms with E-state index in [0.29, 0.717) is 45.6 Å². The molecule has 0 aromatic heterocycles. The van der Waals surface area contributed by atoms with Crippen molar-refractivity contribution in [3.8, 4) is 17.2 Å². The molecule has 0 saturated heterocycles. The number of carbonyl (C=O) groups excluding carboxylic acids is 1. The monoisotopic (exact) mass is 470 g/mol. The molecule has 0 unspecified atom stereocenters. The topological polar surface area (TPSA) is 69.2 Å². The minimum atomic E-state index is -0.396. The Morgan fingerprint density at radius 3 is 2.61 bits per heavy atom. The standard InChI is InChI=1S/C25H24ClFN2O4/c1-3-11-32-23-10-8-19(14-24(23)31-2)25(30)29-28-15-17-7-9-22(21(26)13-17)33-16-18-5-4-6-20(27)12-18/h4-10,12-15H,3,11,16H2,1-2H3,(H,29,30)/b28-15+. The molecule has 8 heteroatoms. The highest BCUT2D eigenvalue weighted by Crippen LogP contribution is 2.28. The molecule has 0 atom stereocenters. The maximum absolute atomic E-state index is 13.3. The highest BCUT2D eigenvalue weighted by Gasteiger charge is 2.11. The Kier molecular flexibility index (Phi) is 8.66. The molecule has 0 radical (unpaired) electrons. The molecule has 0 spiro atoms. The Hall–Kier alpha value is -3.58. The molecule has 0 saturated carbocycles. The van der Waals surface area contributed by atoms with E-state index in [1.54, 1.807) is 48.5 Å². The van der Waals surface area contributed by atoms with E-state index in [-0.39, 0.29) is 12.4 Å². The molecule has 0 fully saturated rings. The molecular weight excluding hydrogens is 447 g/mol. The Labute approximate surface area is 196 Å². The molecule has 0 aliphatic rings. The molecule has 3 rings (SSSR count). The number of rotatable bonds is 10. The summed E-state index contributed by atoms with van der Waals surface area (Å²) in [6.45, 7) is 2.75. The number of halogens is 2. The largest absolute Gasteiger partial charge is 0.493 e. The van der Waals surface area contributed by atoms with Crippen molar-refractivity contribution in [1.29, 1.82) is 0 Å². The molecule has 3 aromatic carbocycles. The predicted octanol–water partition coefficient (Wildman–Crippen LogP) is 5.62. The molecule has 0 aliphatic heterocycles. The van der Waals surface area contributed by atoms with Gasteiger partial charge in [-0.3, -0.25) is 4.79 Å². The van der Waals surface area contributed by atoms with Crippen LogP contribution in [0.25, 0.3) is 0 Å². The Bertz CT molecular complexity index is 1140. The van der Waals surface area contributed by atoms with Crippen molar-refractivity contribution in [2.45, 2.75) is 20.0 Å². The molecule has 172 valence electrons. The maximum atomic E-state index is 13.3. The van der Waals surface area contributed by atoms with E-state index in [9.17, 15) is 9.18 Å². The van der Waals surface area contributed by atoms with Gasteiger partial charge in [0.2, 0.25) is 0 Å². The van der Waals surface area contributed by atoms with Gasteiger partial charge in [-0.15, -0.1) is 0 Å². The number of nitrogens with zero attached hydrogens (tertiary/aromatic N) is 1. The lowest BCUT2D eigenvalue weighted by Crippen LogP contribution is -2.17. The number of hydrogen-bond donors (Lipinski definition) is 1. The molecule has 1 amide bonds. The molecule has 3 aromatic rings. The molecule has 1 N–H and O–H groups in total. The van der Waals surface area contributed by atoms with Gasteiger partial charge in [0.25, 0.3) is 5.91 Å². The van der Waals surface area contributed by atoms with Gasteiger partial charge in [0.1, 0.15) is 18.2 Å². The smallest absolute Gasteiger partial charge is 0.271 e. The first-order chi connectivity index (χ1) is 16.0. The van der Waals surface area contributed by atoms with E-state index in [2.05, 4.69) is 10.5 Å². The van der Waals surface area contributed by atoms with Gasteiger partial charge in [-0.1, -0.05) is 30.7 Å². The molecular formula is C25H24ClFN2O4. The number of methoxy groups -OCH3 is 1. The Morgan fingerprint density at radius 2 is 1.88 bits per heavy atom. The van der Waals surface area contributed by atoms with Crippen LogP contribution in [0.5, 0.6) is 17.2 Å². The fourth-order valence-corrected chi connectivity index (χ4v) is 3.12.